The van der Waals surface area contributed by atoms with Crippen LogP contribution in [-0.4, -0.2) is 53.6 Å². The smallest absolute Gasteiger partial charge is 0.280 e. The maximum Gasteiger partial charge on any atom is 0.280 e. The first kappa shape index (κ1) is 17.5. The predicted molar refractivity (Wildman–Crippen MR) is 100.0 cm³/mol. The van der Waals surface area contributed by atoms with E-state index in [1.54, 1.807) is 0 Å². The minimum Gasteiger partial charge on any atom is -0.379 e. The van der Waals surface area contributed by atoms with Crippen LogP contribution in [0.1, 0.15) is 11.1 Å². The Labute approximate surface area is 151 Å². The number of hydrogen-bond donors (Lipinski definition) is 0. The normalized spacial score (nSPS) is 20.2. The van der Waals surface area contributed by atoms with Gasteiger partial charge in [0.25, 0.3) is 5.91 Å². The Hall–Kier alpha value is -1.30. The zero-order chi connectivity index (χ0) is 17.3. The van der Waals surface area contributed by atoms with Crippen LogP contribution in [0.15, 0.2) is 17.1 Å². The summed E-state index contributed by atoms with van der Waals surface area (Å²) in [6.45, 7) is 5.94. The van der Waals surface area contributed by atoms with Crippen molar-refractivity contribution in [3.05, 3.63) is 23.3 Å². The number of amides is 2. The second-order valence-corrected chi connectivity index (χ2v) is 7.81. The second-order valence-electron chi connectivity index (χ2n) is 5.73. The molecule has 2 aliphatic rings. The molecule has 0 bridgehead atoms. The summed E-state index contributed by atoms with van der Waals surface area (Å²) in [5.41, 5.74) is 4.56. The molecule has 0 N–H and O–H groups in total. The van der Waals surface area contributed by atoms with Gasteiger partial charge in [0.1, 0.15) is 11.5 Å². The number of anilines is 1. The Bertz CT molecular complexity index is 710. The predicted octanol–water partition coefficient (Wildman–Crippen LogP) is 2.53. The van der Waals surface area contributed by atoms with Gasteiger partial charge in [0.05, 0.1) is 24.6 Å². The van der Waals surface area contributed by atoms with Gasteiger partial charge in [-0.1, -0.05) is 15.9 Å². The minimum atomic E-state index is -0.288. The summed E-state index contributed by atoms with van der Waals surface area (Å²) < 4.78 is 6.81. The van der Waals surface area contributed by atoms with Gasteiger partial charge in [-0.15, -0.1) is 0 Å². The molecule has 2 heterocycles. The zero-order valence-corrected chi connectivity index (χ0v) is 16.2. The van der Waals surface area contributed by atoms with Crippen LogP contribution in [0.3, 0.4) is 0 Å². The van der Waals surface area contributed by atoms with Gasteiger partial charge in [-0.05, 0) is 37.1 Å². The molecule has 0 saturated carbocycles. The van der Waals surface area contributed by atoms with E-state index in [4.69, 9.17) is 4.74 Å². The summed E-state index contributed by atoms with van der Waals surface area (Å²) in [5.74, 6) is -0.464. The molecule has 0 radical (unpaired) electrons. The molecular formula is C16H19BrN3O3P. The van der Waals surface area contributed by atoms with Crippen LogP contribution in [0.5, 0.6) is 0 Å². The van der Waals surface area contributed by atoms with E-state index in [-0.39, 0.29) is 20.4 Å². The number of hydrogen-bond acceptors (Lipinski definition) is 5. The second kappa shape index (κ2) is 7.30. The van der Waals surface area contributed by atoms with E-state index in [1.807, 2.05) is 13.0 Å². The molecule has 2 aliphatic heterocycles. The van der Waals surface area contributed by atoms with E-state index in [1.165, 1.54) is 10.2 Å². The third-order valence-electron chi connectivity index (χ3n) is 4.21. The molecule has 2 atom stereocenters. The lowest BCUT2D eigenvalue weighted by Crippen LogP contribution is -2.42. The number of aryl methyl sites for hydroxylation is 2. The zero-order valence-electron chi connectivity index (χ0n) is 13.6. The molecule has 24 heavy (non-hydrogen) atoms. The summed E-state index contributed by atoms with van der Waals surface area (Å²) in [6, 6.07) is 4.11. The van der Waals surface area contributed by atoms with Crippen molar-refractivity contribution in [3.63, 3.8) is 0 Å². The molecule has 1 fully saturated rings. The van der Waals surface area contributed by atoms with Gasteiger partial charge in [0.2, 0.25) is 6.41 Å². The van der Waals surface area contributed by atoms with Crippen molar-refractivity contribution >= 4 is 54.1 Å². The molecule has 1 aromatic rings. The largest absolute Gasteiger partial charge is 0.379 e. The Morgan fingerprint density at radius 2 is 2.08 bits per heavy atom. The highest BCUT2D eigenvalue weighted by Gasteiger charge is 2.43. The third-order valence-corrected chi connectivity index (χ3v) is 5.95. The molecule has 0 aromatic heterocycles. The van der Waals surface area contributed by atoms with Crippen LogP contribution in [0.2, 0.25) is 0 Å². The van der Waals surface area contributed by atoms with Crippen LogP contribution in [0.4, 0.5) is 11.4 Å². The third kappa shape index (κ3) is 3.13. The number of carbonyl (C=O) groups is 2. The number of aliphatic imine (C=N–C) groups is 1. The standard InChI is InChI=1S/C16H19BrN3O3P/c1-10-7-12-13(8-11(10)2)19(4-6-23-5-3-17)16-14(18-12)15(22)20(9-21)24-16/h7-9,16,24H,3-6H2,1-2H3. The van der Waals surface area contributed by atoms with E-state index in [9.17, 15) is 9.59 Å². The van der Waals surface area contributed by atoms with Crippen molar-refractivity contribution in [1.82, 2.24) is 4.67 Å². The number of rotatable bonds is 6. The van der Waals surface area contributed by atoms with Crippen LogP contribution in [0, 0.1) is 13.8 Å². The van der Waals surface area contributed by atoms with Crippen molar-refractivity contribution in [1.29, 1.82) is 0 Å². The molecule has 128 valence electrons. The quantitative estimate of drug-likeness (QED) is 0.312. The van der Waals surface area contributed by atoms with Crippen molar-refractivity contribution < 1.29 is 14.3 Å². The van der Waals surface area contributed by atoms with Crippen molar-refractivity contribution in [2.75, 3.05) is 30.0 Å². The first-order valence-corrected chi connectivity index (χ1v) is 9.86. The number of alkyl halides is 1. The van der Waals surface area contributed by atoms with Gasteiger partial charge in [0, 0.05) is 20.6 Å². The van der Waals surface area contributed by atoms with Gasteiger partial charge in [-0.3, -0.25) is 14.3 Å². The summed E-state index contributed by atoms with van der Waals surface area (Å²) in [5, 5.41) is 0.789. The van der Waals surface area contributed by atoms with Crippen LogP contribution in [-0.2, 0) is 14.3 Å². The average molecular weight is 412 g/mol. The van der Waals surface area contributed by atoms with E-state index < -0.39 is 0 Å². The Morgan fingerprint density at radius 1 is 1.33 bits per heavy atom. The molecule has 3 rings (SSSR count). The molecule has 6 nitrogen and oxygen atoms in total. The topological polar surface area (TPSA) is 62.2 Å². The number of benzene rings is 1. The highest BCUT2D eigenvalue weighted by atomic mass is 79.9. The maximum absolute atomic E-state index is 12.4. The minimum absolute atomic E-state index is 0.0543. The lowest BCUT2D eigenvalue weighted by molar-refractivity contribution is -0.126. The van der Waals surface area contributed by atoms with Gasteiger partial charge in [-0.25, -0.2) is 4.99 Å². The highest BCUT2D eigenvalue weighted by Crippen LogP contribution is 2.45. The molecule has 0 aliphatic carbocycles. The van der Waals surface area contributed by atoms with Crippen LogP contribution < -0.4 is 4.90 Å². The van der Waals surface area contributed by atoms with Crippen molar-refractivity contribution in [2.45, 2.75) is 19.6 Å². The molecule has 8 heteroatoms. The first-order valence-electron chi connectivity index (χ1n) is 7.72. The fourth-order valence-electron chi connectivity index (χ4n) is 2.84. The molecule has 0 spiro atoms. The monoisotopic (exact) mass is 411 g/mol. The Balaban J connectivity index is 1.96. The SMILES string of the molecule is Cc1cc2c(cc1C)N(CCOCCBr)C1PN(C=O)C(=O)C1=N2. The van der Waals surface area contributed by atoms with Gasteiger partial charge < -0.3 is 9.64 Å². The first-order chi connectivity index (χ1) is 11.6. The molecule has 1 aromatic carbocycles. The number of carbonyl (C=O) groups excluding carboxylic acids is 2. The van der Waals surface area contributed by atoms with Gasteiger partial charge >= 0.3 is 0 Å². The summed E-state index contributed by atoms with van der Waals surface area (Å²) in [6.07, 6.45) is 0.600. The number of nitrogens with zero attached hydrogens (tertiary/aromatic N) is 3. The lowest BCUT2D eigenvalue weighted by Gasteiger charge is -2.34. The Morgan fingerprint density at radius 3 is 2.79 bits per heavy atom. The van der Waals surface area contributed by atoms with Crippen LogP contribution in [0.25, 0.3) is 0 Å². The molecule has 2 unspecified atom stereocenters. The van der Waals surface area contributed by atoms with Crippen LogP contribution >= 0.6 is 24.7 Å². The van der Waals surface area contributed by atoms with Gasteiger partial charge in [-0.2, -0.15) is 0 Å². The molecular weight excluding hydrogens is 393 g/mol. The fourth-order valence-corrected chi connectivity index (χ4v) is 4.34. The number of fused-ring (bicyclic) bond motifs is 2. The van der Waals surface area contributed by atoms with Gasteiger partial charge in [0.15, 0.2) is 0 Å². The van der Waals surface area contributed by atoms with E-state index >= 15 is 0 Å². The number of ether oxygens (including phenoxy) is 1. The highest BCUT2D eigenvalue weighted by molar-refractivity contribution is 9.09. The summed E-state index contributed by atoms with van der Waals surface area (Å²) in [7, 11) is 0.0543. The average Bonchev–Trinajstić information content (AvgIpc) is 2.88. The Kier molecular flexibility index (Phi) is 5.33. The molecule has 2 amide bonds. The lowest BCUT2D eigenvalue weighted by atomic mass is 10.0. The number of imide groups is 1. The summed E-state index contributed by atoms with van der Waals surface area (Å²) in [4.78, 5) is 30.2. The van der Waals surface area contributed by atoms with E-state index in [0.29, 0.717) is 31.9 Å². The maximum atomic E-state index is 12.4. The number of halogens is 1. The summed E-state index contributed by atoms with van der Waals surface area (Å²) >= 11 is 3.34. The van der Waals surface area contributed by atoms with E-state index in [0.717, 1.165) is 22.3 Å². The van der Waals surface area contributed by atoms with Crippen molar-refractivity contribution in [2.24, 2.45) is 4.99 Å². The van der Waals surface area contributed by atoms with E-state index in [2.05, 4.69) is 38.8 Å². The fraction of sp³-hybridized carbons (Fsp3) is 0.438. The van der Waals surface area contributed by atoms with Crippen molar-refractivity contribution in [3.8, 4) is 0 Å². The molecule has 1 saturated heterocycles.